The van der Waals surface area contributed by atoms with Crippen molar-refractivity contribution in [3.8, 4) is 5.75 Å². The van der Waals surface area contributed by atoms with E-state index in [1.807, 2.05) is 18.7 Å². The van der Waals surface area contributed by atoms with E-state index in [0.717, 1.165) is 12.8 Å². The van der Waals surface area contributed by atoms with Gasteiger partial charge in [0.15, 0.2) is 5.82 Å². The Morgan fingerprint density at radius 1 is 1.22 bits per heavy atom. The summed E-state index contributed by atoms with van der Waals surface area (Å²) < 4.78 is 33.9. The van der Waals surface area contributed by atoms with Crippen LogP contribution in [0.3, 0.4) is 0 Å². The van der Waals surface area contributed by atoms with Crippen molar-refractivity contribution in [2.24, 2.45) is 5.41 Å². The molecular formula is C26H32F2N6O3. The number of rotatable bonds is 6. The predicted octanol–water partition coefficient (Wildman–Crippen LogP) is 4.12. The summed E-state index contributed by atoms with van der Waals surface area (Å²) >= 11 is 0. The zero-order valence-electron chi connectivity index (χ0n) is 21.5. The van der Waals surface area contributed by atoms with Crippen LogP contribution in [0, 0.1) is 5.41 Å². The first-order valence-corrected chi connectivity index (χ1v) is 12.5. The Balaban J connectivity index is 1.47. The number of halogens is 2. The lowest BCUT2D eigenvalue weighted by Crippen LogP contribution is -2.45. The third-order valence-electron chi connectivity index (χ3n) is 7.27. The minimum atomic E-state index is -2.74. The van der Waals surface area contributed by atoms with Gasteiger partial charge >= 0.3 is 0 Å². The smallest absolute Gasteiger partial charge is 0.251 e. The van der Waals surface area contributed by atoms with Gasteiger partial charge < -0.3 is 25.2 Å². The van der Waals surface area contributed by atoms with Gasteiger partial charge in [-0.1, -0.05) is 0 Å². The number of amides is 2. The molecule has 1 atom stereocenters. The lowest BCUT2D eigenvalue weighted by molar-refractivity contribution is -0.125. The Bertz CT molecular complexity index is 1230. The van der Waals surface area contributed by atoms with Gasteiger partial charge in [-0.15, -0.1) is 0 Å². The SMILES string of the molecule is COc1cc(C(=O)NC2CC2)ccc1Nc1ncc2c(n1)N([C@@H]1CCC(F)(F)C1)CC(C)(C)C(=O)N2C. The van der Waals surface area contributed by atoms with Gasteiger partial charge in [0.1, 0.15) is 11.4 Å². The molecule has 2 aliphatic carbocycles. The maximum Gasteiger partial charge on any atom is 0.251 e. The second-order valence-corrected chi connectivity index (χ2v) is 10.8. The van der Waals surface area contributed by atoms with E-state index in [4.69, 9.17) is 9.72 Å². The fraction of sp³-hybridized carbons (Fsp3) is 0.538. The zero-order chi connectivity index (χ0) is 26.5. The monoisotopic (exact) mass is 514 g/mol. The molecule has 1 aliphatic heterocycles. The summed E-state index contributed by atoms with van der Waals surface area (Å²) in [5.41, 5.74) is 0.687. The molecule has 9 nitrogen and oxygen atoms in total. The Labute approximate surface area is 214 Å². The van der Waals surface area contributed by atoms with Crippen molar-refractivity contribution in [2.45, 2.75) is 64.0 Å². The molecule has 2 fully saturated rings. The molecule has 2 saturated carbocycles. The van der Waals surface area contributed by atoms with Crippen LogP contribution in [0.2, 0.25) is 0 Å². The van der Waals surface area contributed by atoms with Crippen LogP contribution < -0.4 is 25.2 Å². The maximum atomic E-state index is 14.2. The van der Waals surface area contributed by atoms with E-state index in [0.29, 0.717) is 34.9 Å². The third-order valence-corrected chi connectivity index (χ3v) is 7.27. The number of benzene rings is 1. The standard InChI is InChI=1S/C26H32F2N6O3/c1-25(2)14-34(17-9-10-26(27,28)12-17)21-19(33(3)23(25)36)13-29-24(32-21)31-18-8-5-15(11-20(18)37-4)22(35)30-16-6-7-16/h5,8,11,13,16-17H,6-7,9-10,12,14H2,1-4H3,(H,30,35)(H,29,31,32)/t17-/m1/s1. The van der Waals surface area contributed by atoms with Crippen LogP contribution in [0.1, 0.15) is 56.3 Å². The van der Waals surface area contributed by atoms with E-state index in [1.165, 1.54) is 18.2 Å². The second kappa shape index (κ2) is 9.11. The molecule has 2 aromatic rings. The van der Waals surface area contributed by atoms with Crippen LogP contribution in [0.25, 0.3) is 0 Å². The normalized spacial score (nSPS) is 22.3. The molecule has 1 aromatic carbocycles. The van der Waals surface area contributed by atoms with Gasteiger partial charge in [0, 0.05) is 44.1 Å². The molecule has 0 unspecified atom stereocenters. The number of fused-ring (bicyclic) bond motifs is 1. The molecule has 2 heterocycles. The summed E-state index contributed by atoms with van der Waals surface area (Å²) in [6.45, 7) is 3.89. The van der Waals surface area contributed by atoms with Crippen molar-refractivity contribution in [3.63, 3.8) is 0 Å². The highest BCUT2D eigenvalue weighted by molar-refractivity contribution is 6.01. The van der Waals surface area contributed by atoms with Crippen LogP contribution in [-0.2, 0) is 4.79 Å². The topological polar surface area (TPSA) is 99.7 Å². The number of hydrogen-bond acceptors (Lipinski definition) is 7. The summed E-state index contributed by atoms with van der Waals surface area (Å²) in [6.07, 6.45) is 3.35. The fourth-order valence-electron chi connectivity index (χ4n) is 5.05. The molecule has 11 heteroatoms. The Hall–Kier alpha value is -3.50. The molecular weight excluding hydrogens is 482 g/mol. The Kier molecular flexibility index (Phi) is 6.19. The van der Waals surface area contributed by atoms with E-state index in [-0.39, 0.29) is 43.2 Å². The van der Waals surface area contributed by atoms with Gasteiger partial charge in [-0.3, -0.25) is 9.59 Å². The summed E-state index contributed by atoms with van der Waals surface area (Å²) in [4.78, 5) is 38.1. The molecule has 0 saturated heterocycles. The number of alkyl halides is 2. The van der Waals surface area contributed by atoms with E-state index in [1.54, 1.807) is 25.2 Å². The lowest BCUT2D eigenvalue weighted by atomic mass is 9.91. The number of methoxy groups -OCH3 is 1. The van der Waals surface area contributed by atoms with Gasteiger partial charge in [-0.05, 0) is 51.3 Å². The minimum absolute atomic E-state index is 0.132. The van der Waals surface area contributed by atoms with Crippen molar-refractivity contribution in [1.29, 1.82) is 0 Å². The van der Waals surface area contributed by atoms with Gasteiger partial charge in [0.25, 0.3) is 5.91 Å². The average molecular weight is 515 g/mol. The Morgan fingerprint density at radius 3 is 2.62 bits per heavy atom. The predicted molar refractivity (Wildman–Crippen MR) is 136 cm³/mol. The Morgan fingerprint density at radius 2 is 1.97 bits per heavy atom. The quantitative estimate of drug-likeness (QED) is 0.598. The number of nitrogens with one attached hydrogen (secondary N) is 2. The van der Waals surface area contributed by atoms with Gasteiger partial charge in [0.05, 0.1) is 24.4 Å². The highest BCUT2D eigenvalue weighted by Crippen LogP contribution is 2.44. The van der Waals surface area contributed by atoms with E-state index in [9.17, 15) is 18.4 Å². The molecule has 1 aromatic heterocycles. The number of carbonyl (C=O) groups excluding carboxylic acids is 2. The van der Waals surface area contributed by atoms with Crippen molar-refractivity contribution in [3.05, 3.63) is 30.0 Å². The molecule has 2 amide bonds. The lowest BCUT2D eigenvalue weighted by Gasteiger charge is -2.34. The van der Waals surface area contributed by atoms with Crippen molar-refractivity contribution >= 4 is 35.0 Å². The fourth-order valence-corrected chi connectivity index (χ4v) is 5.05. The molecule has 2 N–H and O–H groups in total. The largest absolute Gasteiger partial charge is 0.495 e. The van der Waals surface area contributed by atoms with Crippen LogP contribution in [0.15, 0.2) is 24.4 Å². The first-order valence-electron chi connectivity index (χ1n) is 12.5. The third kappa shape index (κ3) is 5.03. The van der Waals surface area contributed by atoms with Crippen LogP contribution >= 0.6 is 0 Å². The highest BCUT2D eigenvalue weighted by Gasteiger charge is 2.47. The second-order valence-electron chi connectivity index (χ2n) is 10.8. The first-order chi connectivity index (χ1) is 17.5. The van der Waals surface area contributed by atoms with E-state index < -0.39 is 17.4 Å². The van der Waals surface area contributed by atoms with Gasteiger partial charge in [-0.2, -0.15) is 4.98 Å². The number of hydrogen-bond donors (Lipinski definition) is 2. The number of carbonyl (C=O) groups is 2. The molecule has 0 spiro atoms. The molecule has 0 bridgehead atoms. The first kappa shape index (κ1) is 25.2. The summed E-state index contributed by atoms with van der Waals surface area (Å²) in [5.74, 6) is -1.95. The van der Waals surface area contributed by atoms with Crippen molar-refractivity contribution in [1.82, 2.24) is 15.3 Å². The van der Waals surface area contributed by atoms with Crippen molar-refractivity contribution in [2.75, 3.05) is 35.8 Å². The van der Waals surface area contributed by atoms with Gasteiger partial charge in [-0.25, -0.2) is 13.8 Å². The number of ether oxygens (including phenoxy) is 1. The highest BCUT2D eigenvalue weighted by atomic mass is 19.3. The molecule has 5 rings (SSSR count). The number of aromatic nitrogens is 2. The van der Waals surface area contributed by atoms with E-state index in [2.05, 4.69) is 15.6 Å². The molecule has 0 radical (unpaired) electrons. The summed E-state index contributed by atoms with van der Waals surface area (Å²) in [5, 5.41) is 6.08. The maximum absolute atomic E-state index is 14.2. The van der Waals surface area contributed by atoms with Gasteiger partial charge in [0.2, 0.25) is 17.8 Å². The molecule has 37 heavy (non-hydrogen) atoms. The van der Waals surface area contributed by atoms with Crippen LogP contribution in [-0.4, -0.2) is 60.5 Å². The molecule has 198 valence electrons. The zero-order valence-corrected chi connectivity index (χ0v) is 21.5. The minimum Gasteiger partial charge on any atom is -0.495 e. The summed E-state index contributed by atoms with van der Waals surface area (Å²) in [7, 11) is 3.16. The number of anilines is 4. The van der Waals surface area contributed by atoms with Crippen LogP contribution in [0.4, 0.5) is 31.9 Å². The van der Waals surface area contributed by atoms with E-state index >= 15 is 0 Å². The van der Waals surface area contributed by atoms with Crippen molar-refractivity contribution < 1.29 is 23.1 Å². The average Bonchev–Trinajstić information content (AvgIpc) is 3.61. The number of nitrogens with zero attached hydrogens (tertiary/aromatic N) is 4. The summed E-state index contributed by atoms with van der Waals surface area (Å²) in [6, 6.07) is 4.83. The molecule has 3 aliphatic rings. The van der Waals surface area contributed by atoms with Crippen LogP contribution in [0.5, 0.6) is 5.75 Å².